The minimum Gasteiger partial charge on any atom is -0.397 e. The van der Waals surface area contributed by atoms with Crippen molar-refractivity contribution in [3.63, 3.8) is 0 Å². The second-order valence-corrected chi connectivity index (χ2v) is 5.66. The van der Waals surface area contributed by atoms with Gasteiger partial charge in [-0.2, -0.15) is 0 Å². The molecule has 0 aliphatic carbocycles. The topological polar surface area (TPSA) is 81.1 Å². The number of anilines is 2. The molecule has 0 atom stereocenters. The Morgan fingerprint density at radius 3 is 2.78 bits per heavy atom. The molecule has 6 heteroatoms. The molecule has 94 valence electrons. The lowest BCUT2D eigenvalue weighted by molar-refractivity contribution is 0.100. The van der Waals surface area contributed by atoms with E-state index in [-0.39, 0.29) is 0 Å². The predicted octanol–water partition coefficient (Wildman–Crippen LogP) is 2.80. The van der Waals surface area contributed by atoms with E-state index in [2.05, 4.69) is 21.2 Å². The summed E-state index contributed by atoms with van der Waals surface area (Å²) in [6.07, 6.45) is 0. The van der Waals surface area contributed by atoms with Crippen LogP contribution in [0.15, 0.2) is 34.1 Å². The van der Waals surface area contributed by atoms with Crippen LogP contribution in [0.1, 0.15) is 15.2 Å². The van der Waals surface area contributed by atoms with E-state index in [9.17, 15) is 4.79 Å². The first-order valence-electron chi connectivity index (χ1n) is 5.22. The maximum atomic E-state index is 11.1. The Labute approximate surface area is 117 Å². The highest BCUT2D eigenvalue weighted by Crippen LogP contribution is 2.24. The van der Waals surface area contributed by atoms with Gasteiger partial charge in [-0.1, -0.05) is 0 Å². The molecule has 18 heavy (non-hydrogen) atoms. The molecule has 0 spiro atoms. The van der Waals surface area contributed by atoms with Gasteiger partial charge in [0.15, 0.2) is 0 Å². The van der Waals surface area contributed by atoms with Gasteiger partial charge in [0.05, 0.1) is 11.4 Å². The third kappa shape index (κ3) is 3.02. The zero-order valence-electron chi connectivity index (χ0n) is 9.44. The third-order valence-corrected chi connectivity index (χ3v) is 4.11. The normalized spacial score (nSPS) is 10.3. The molecule has 1 heterocycles. The fourth-order valence-electron chi connectivity index (χ4n) is 1.49. The average Bonchev–Trinajstić information content (AvgIpc) is 2.74. The number of nitrogen functional groups attached to an aromatic ring is 1. The predicted molar refractivity (Wildman–Crippen MR) is 78.7 cm³/mol. The molecule has 5 N–H and O–H groups in total. The third-order valence-electron chi connectivity index (χ3n) is 2.41. The first-order chi connectivity index (χ1) is 8.56. The molecule has 1 aromatic heterocycles. The fraction of sp³-hybridized carbons (Fsp3) is 0.0833. The monoisotopic (exact) mass is 325 g/mol. The number of benzene rings is 1. The van der Waals surface area contributed by atoms with Gasteiger partial charge >= 0.3 is 0 Å². The van der Waals surface area contributed by atoms with Gasteiger partial charge in [-0.3, -0.25) is 4.79 Å². The molecule has 4 nitrogen and oxygen atoms in total. The van der Waals surface area contributed by atoms with E-state index in [1.54, 1.807) is 29.5 Å². The van der Waals surface area contributed by atoms with Crippen molar-refractivity contribution in [1.29, 1.82) is 0 Å². The highest BCUT2D eigenvalue weighted by atomic mass is 79.9. The fourth-order valence-corrected chi connectivity index (χ4v) is 2.88. The number of amides is 1. The van der Waals surface area contributed by atoms with E-state index >= 15 is 0 Å². The standard InChI is InChI=1S/C12H12BrN3OS/c13-8-4-9(18-6-8)5-16-11-3-7(12(15)17)1-2-10(11)14/h1-4,6,16H,5,14H2,(H2,15,17). The summed E-state index contributed by atoms with van der Waals surface area (Å²) in [7, 11) is 0. The molecule has 0 saturated carbocycles. The molecule has 1 amide bonds. The maximum absolute atomic E-state index is 11.1. The Bertz CT molecular complexity index is 582. The first kappa shape index (κ1) is 12.9. The van der Waals surface area contributed by atoms with Gasteiger partial charge in [-0.15, -0.1) is 11.3 Å². The largest absolute Gasteiger partial charge is 0.397 e. The summed E-state index contributed by atoms with van der Waals surface area (Å²) in [5.41, 5.74) is 12.8. The van der Waals surface area contributed by atoms with Crippen molar-refractivity contribution >= 4 is 44.5 Å². The van der Waals surface area contributed by atoms with Gasteiger partial charge in [0, 0.05) is 26.8 Å². The number of thiophene rings is 1. The lowest BCUT2D eigenvalue weighted by atomic mass is 10.1. The quantitative estimate of drug-likeness (QED) is 0.756. The van der Waals surface area contributed by atoms with Crippen molar-refractivity contribution in [2.75, 3.05) is 11.1 Å². The maximum Gasteiger partial charge on any atom is 0.248 e. The molecular weight excluding hydrogens is 314 g/mol. The molecule has 0 radical (unpaired) electrons. The van der Waals surface area contributed by atoms with Gasteiger partial charge < -0.3 is 16.8 Å². The van der Waals surface area contributed by atoms with E-state index in [0.29, 0.717) is 17.8 Å². The molecular formula is C12H12BrN3OS. The number of carbonyl (C=O) groups excluding carboxylic acids is 1. The molecule has 0 aliphatic rings. The van der Waals surface area contributed by atoms with Crippen LogP contribution in [0, 0.1) is 0 Å². The van der Waals surface area contributed by atoms with Gasteiger partial charge in [0.2, 0.25) is 5.91 Å². The number of hydrogen-bond acceptors (Lipinski definition) is 4. The van der Waals surface area contributed by atoms with Crippen molar-refractivity contribution in [3.8, 4) is 0 Å². The van der Waals surface area contributed by atoms with E-state index in [4.69, 9.17) is 11.5 Å². The van der Waals surface area contributed by atoms with E-state index in [1.807, 2.05) is 11.4 Å². The second-order valence-electron chi connectivity index (χ2n) is 3.75. The zero-order chi connectivity index (χ0) is 13.1. The van der Waals surface area contributed by atoms with Crippen LogP contribution in [0.25, 0.3) is 0 Å². The van der Waals surface area contributed by atoms with Crippen LogP contribution in [-0.2, 0) is 6.54 Å². The number of rotatable bonds is 4. The van der Waals surface area contributed by atoms with Crippen LogP contribution >= 0.6 is 27.3 Å². The summed E-state index contributed by atoms with van der Waals surface area (Å²) in [5, 5.41) is 5.21. The molecule has 1 aromatic carbocycles. The highest BCUT2D eigenvalue weighted by Gasteiger charge is 2.05. The summed E-state index contributed by atoms with van der Waals surface area (Å²) in [6, 6.07) is 6.99. The molecule has 0 aliphatic heterocycles. The number of carbonyl (C=O) groups is 1. The number of halogens is 1. The summed E-state index contributed by atoms with van der Waals surface area (Å²) in [4.78, 5) is 12.3. The van der Waals surface area contributed by atoms with Gasteiger partial charge in [-0.05, 0) is 40.2 Å². The number of primary amides is 1. The Hall–Kier alpha value is -1.53. The van der Waals surface area contributed by atoms with Crippen LogP contribution in [0.4, 0.5) is 11.4 Å². The van der Waals surface area contributed by atoms with Crippen molar-refractivity contribution < 1.29 is 4.79 Å². The van der Waals surface area contributed by atoms with E-state index in [1.165, 1.54) is 4.88 Å². The summed E-state index contributed by atoms with van der Waals surface area (Å²) < 4.78 is 1.06. The molecule has 2 aromatic rings. The molecule has 2 rings (SSSR count). The molecule has 0 fully saturated rings. The summed E-state index contributed by atoms with van der Waals surface area (Å²) >= 11 is 5.04. The van der Waals surface area contributed by atoms with Gasteiger partial charge in [0.25, 0.3) is 0 Å². The van der Waals surface area contributed by atoms with Crippen LogP contribution in [-0.4, -0.2) is 5.91 Å². The number of nitrogens with one attached hydrogen (secondary N) is 1. The Kier molecular flexibility index (Phi) is 3.88. The van der Waals surface area contributed by atoms with Crippen LogP contribution in [0.2, 0.25) is 0 Å². The number of hydrogen-bond donors (Lipinski definition) is 3. The highest BCUT2D eigenvalue weighted by molar-refractivity contribution is 9.10. The average molecular weight is 326 g/mol. The van der Waals surface area contributed by atoms with E-state index in [0.717, 1.165) is 10.2 Å². The van der Waals surface area contributed by atoms with Crippen LogP contribution in [0.3, 0.4) is 0 Å². The van der Waals surface area contributed by atoms with E-state index < -0.39 is 5.91 Å². The smallest absolute Gasteiger partial charge is 0.248 e. The van der Waals surface area contributed by atoms with Crippen molar-refractivity contribution in [3.05, 3.63) is 44.6 Å². The van der Waals surface area contributed by atoms with Gasteiger partial charge in [0.1, 0.15) is 0 Å². The lowest BCUT2D eigenvalue weighted by Crippen LogP contribution is -2.12. The minimum atomic E-state index is -0.461. The second kappa shape index (κ2) is 5.41. The SMILES string of the molecule is NC(=O)c1ccc(N)c(NCc2cc(Br)cs2)c1. The van der Waals surface area contributed by atoms with Gasteiger partial charge in [-0.25, -0.2) is 0 Å². The van der Waals surface area contributed by atoms with Crippen molar-refractivity contribution in [2.45, 2.75) is 6.54 Å². The lowest BCUT2D eigenvalue weighted by Gasteiger charge is -2.09. The minimum absolute atomic E-state index is 0.444. The summed E-state index contributed by atoms with van der Waals surface area (Å²) in [5.74, 6) is -0.461. The molecule has 0 saturated heterocycles. The molecule has 0 unspecified atom stereocenters. The zero-order valence-corrected chi connectivity index (χ0v) is 11.8. The Morgan fingerprint density at radius 2 is 2.17 bits per heavy atom. The molecule has 0 bridgehead atoms. The number of nitrogens with two attached hydrogens (primary N) is 2. The van der Waals surface area contributed by atoms with Crippen LogP contribution < -0.4 is 16.8 Å². The van der Waals surface area contributed by atoms with Crippen molar-refractivity contribution in [2.24, 2.45) is 5.73 Å². The Morgan fingerprint density at radius 1 is 1.39 bits per heavy atom. The first-order valence-corrected chi connectivity index (χ1v) is 6.89. The van der Waals surface area contributed by atoms with Crippen molar-refractivity contribution in [1.82, 2.24) is 0 Å². The Balaban J connectivity index is 2.13. The summed E-state index contributed by atoms with van der Waals surface area (Å²) in [6.45, 7) is 0.655. The van der Waals surface area contributed by atoms with Crippen LogP contribution in [0.5, 0.6) is 0 Å².